The van der Waals surface area contributed by atoms with Crippen molar-refractivity contribution >= 4 is 28.9 Å². The number of halogens is 3. The number of thiophene rings is 1. The van der Waals surface area contributed by atoms with Crippen molar-refractivity contribution in [3.05, 3.63) is 76.2 Å². The van der Waals surface area contributed by atoms with Crippen LogP contribution in [-0.2, 0) is 11.0 Å². The highest BCUT2D eigenvalue weighted by Crippen LogP contribution is 2.42. The van der Waals surface area contributed by atoms with Crippen molar-refractivity contribution in [2.75, 3.05) is 18.9 Å². The van der Waals surface area contributed by atoms with E-state index in [4.69, 9.17) is 5.11 Å². The second-order valence-electron chi connectivity index (χ2n) is 10.2. The summed E-state index contributed by atoms with van der Waals surface area (Å²) < 4.78 is 39.1. The number of carboxylic acids is 1. The summed E-state index contributed by atoms with van der Waals surface area (Å²) in [7, 11) is 1.59. The van der Waals surface area contributed by atoms with E-state index in [1.165, 1.54) is 23.5 Å². The molecule has 0 bridgehead atoms. The van der Waals surface area contributed by atoms with Gasteiger partial charge < -0.3 is 15.3 Å². The number of hydrogen-bond donors (Lipinski definition) is 2. The predicted octanol–water partition coefficient (Wildman–Crippen LogP) is 8.02. The second kappa shape index (κ2) is 12.2. The Labute approximate surface area is 230 Å². The van der Waals surface area contributed by atoms with E-state index in [-0.39, 0.29) is 24.9 Å². The summed E-state index contributed by atoms with van der Waals surface area (Å²) in [6.07, 6.45) is 1.25. The van der Waals surface area contributed by atoms with Gasteiger partial charge in [0.1, 0.15) is 0 Å². The van der Waals surface area contributed by atoms with Crippen LogP contribution in [0.1, 0.15) is 70.9 Å². The molecule has 1 saturated carbocycles. The summed E-state index contributed by atoms with van der Waals surface area (Å²) >= 11 is 1.59. The molecule has 1 aliphatic rings. The van der Waals surface area contributed by atoms with Gasteiger partial charge in [0.25, 0.3) is 5.91 Å². The van der Waals surface area contributed by atoms with Gasteiger partial charge in [-0.1, -0.05) is 31.4 Å². The highest BCUT2D eigenvalue weighted by atomic mass is 32.1. The van der Waals surface area contributed by atoms with Gasteiger partial charge in [0.05, 0.1) is 18.0 Å². The zero-order valence-electron chi connectivity index (χ0n) is 22.1. The molecule has 5 nitrogen and oxygen atoms in total. The smallest absolute Gasteiger partial charge is 0.416 e. The first-order valence-electron chi connectivity index (χ1n) is 13.1. The maximum absolute atomic E-state index is 13.0. The van der Waals surface area contributed by atoms with E-state index in [2.05, 4.69) is 18.3 Å². The van der Waals surface area contributed by atoms with E-state index in [0.717, 1.165) is 64.4 Å². The van der Waals surface area contributed by atoms with Crippen LogP contribution in [0.5, 0.6) is 0 Å². The summed E-state index contributed by atoms with van der Waals surface area (Å²) in [4.78, 5) is 27.0. The molecular formula is C30H33F3N2O3S. The zero-order valence-corrected chi connectivity index (χ0v) is 22.9. The molecule has 0 saturated heterocycles. The second-order valence-corrected chi connectivity index (χ2v) is 11.4. The van der Waals surface area contributed by atoms with Gasteiger partial charge in [-0.2, -0.15) is 13.2 Å². The third-order valence-electron chi connectivity index (χ3n) is 7.37. The summed E-state index contributed by atoms with van der Waals surface area (Å²) in [5.74, 6) is -0.773. The standard InChI is InChI=1S/C30H33F3N2O3S/c1-19-25(18-26(39-19)20-8-12-23(13-9-20)30(31,32)33)28(21-6-4-3-5-7-21)34-24-14-10-22(11-15-24)29(38)35(2)17-16-27(36)37/h8-15,18,21,28,34H,3-7,16-17H2,1-2H3,(H,36,37). The number of rotatable bonds is 9. The van der Waals surface area contributed by atoms with Crippen LogP contribution in [0, 0.1) is 12.8 Å². The first-order valence-corrected chi connectivity index (χ1v) is 14.0. The Morgan fingerprint density at radius 3 is 2.28 bits per heavy atom. The molecule has 1 atom stereocenters. The fourth-order valence-corrected chi connectivity index (χ4v) is 6.24. The number of amides is 1. The highest BCUT2D eigenvalue weighted by molar-refractivity contribution is 7.15. The minimum absolute atomic E-state index is 0.0320. The molecule has 39 heavy (non-hydrogen) atoms. The number of hydrogen-bond acceptors (Lipinski definition) is 4. The Morgan fingerprint density at radius 1 is 1.05 bits per heavy atom. The quantitative estimate of drug-likeness (QED) is 0.279. The van der Waals surface area contributed by atoms with Crippen molar-refractivity contribution in [1.29, 1.82) is 0 Å². The number of aryl methyl sites for hydroxylation is 1. The molecule has 1 aliphatic carbocycles. The molecule has 0 spiro atoms. The lowest BCUT2D eigenvalue weighted by Gasteiger charge is -2.32. The normalized spacial score (nSPS) is 15.1. The molecule has 0 radical (unpaired) electrons. The molecule has 2 N–H and O–H groups in total. The summed E-state index contributed by atoms with van der Waals surface area (Å²) in [6.45, 7) is 2.19. The van der Waals surface area contributed by atoms with Crippen molar-refractivity contribution in [2.45, 2.75) is 57.7 Å². The molecule has 1 heterocycles. The minimum atomic E-state index is -4.36. The summed E-state index contributed by atoms with van der Waals surface area (Å²) in [5.41, 5.74) is 2.61. The molecule has 1 unspecified atom stereocenters. The Hall–Kier alpha value is -3.33. The minimum Gasteiger partial charge on any atom is -0.481 e. The van der Waals surface area contributed by atoms with Crippen LogP contribution in [0.3, 0.4) is 0 Å². The van der Waals surface area contributed by atoms with Gasteiger partial charge in [-0.25, -0.2) is 0 Å². The molecule has 3 aromatic rings. The first-order chi connectivity index (χ1) is 18.5. The van der Waals surface area contributed by atoms with Crippen LogP contribution >= 0.6 is 11.3 Å². The molecular weight excluding hydrogens is 525 g/mol. The van der Waals surface area contributed by atoms with Gasteiger partial charge in [-0.3, -0.25) is 9.59 Å². The van der Waals surface area contributed by atoms with E-state index < -0.39 is 17.7 Å². The van der Waals surface area contributed by atoms with Crippen molar-refractivity contribution in [1.82, 2.24) is 4.90 Å². The van der Waals surface area contributed by atoms with Crippen molar-refractivity contribution < 1.29 is 27.9 Å². The molecule has 1 aromatic heterocycles. The Bertz CT molecular complexity index is 1280. The van der Waals surface area contributed by atoms with Gasteiger partial charge in [-0.05, 0) is 79.3 Å². The number of alkyl halides is 3. The van der Waals surface area contributed by atoms with Gasteiger partial charge in [0, 0.05) is 34.6 Å². The molecule has 0 aliphatic heterocycles. The van der Waals surface area contributed by atoms with Gasteiger partial charge in [0.15, 0.2) is 0 Å². The lowest BCUT2D eigenvalue weighted by atomic mass is 9.81. The van der Waals surface area contributed by atoms with E-state index in [1.54, 1.807) is 30.5 Å². The molecule has 9 heteroatoms. The third kappa shape index (κ3) is 7.20. The van der Waals surface area contributed by atoms with Crippen LogP contribution < -0.4 is 5.32 Å². The number of carbonyl (C=O) groups excluding carboxylic acids is 1. The van der Waals surface area contributed by atoms with Crippen LogP contribution in [-0.4, -0.2) is 35.5 Å². The maximum atomic E-state index is 13.0. The SMILES string of the molecule is Cc1sc(-c2ccc(C(F)(F)F)cc2)cc1C(Nc1ccc(C(=O)N(C)CCC(=O)O)cc1)C1CCCCC1. The first kappa shape index (κ1) is 28.7. The van der Waals surface area contributed by atoms with E-state index >= 15 is 0 Å². The van der Waals surface area contributed by atoms with Crippen molar-refractivity contribution in [3.8, 4) is 10.4 Å². The highest BCUT2D eigenvalue weighted by Gasteiger charge is 2.31. The van der Waals surface area contributed by atoms with Crippen molar-refractivity contribution in [3.63, 3.8) is 0 Å². The molecule has 1 fully saturated rings. The Kier molecular flexibility index (Phi) is 9.00. The Morgan fingerprint density at radius 2 is 1.69 bits per heavy atom. The van der Waals surface area contributed by atoms with Crippen LogP contribution in [0.25, 0.3) is 10.4 Å². The lowest BCUT2D eigenvalue weighted by molar-refractivity contribution is -0.138. The fourth-order valence-electron chi connectivity index (χ4n) is 5.16. The largest absolute Gasteiger partial charge is 0.481 e. The number of benzene rings is 2. The van der Waals surface area contributed by atoms with Crippen molar-refractivity contribution in [2.24, 2.45) is 5.92 Å². The number of nitrogens with one attached hydrogen (secondary N) is 1. The average molecular weight is 559 g/mol. The van der Waals surface area contributed by atoms with Gasteiger partial charge in [0.2, 0.25) is 0 Å². The summed E-state index contributed by atoms with van der Waals surface area (Å²) in [6, 6.07) is 14.7. The number of anilines is 1. The van der Waals surface area contributed by atoms with Crippen LogP contribution in [0.15, 0.2) is 54.6 Å². The van der Waals surface area contributed by atoms with Crippen LogP contribution in [0.2, 0.25) is 0 Å². The number of aliphatic carboxylic acids is 1. The van der Waals surface area contributed by atoms with Gasteiger partial charge >= 0.3 is 12.1 Å². The summed E-state index contributed by atoms with van der Waals surface area (Å²) in [5, 5.41) is 12.6. The molecule has 4 rings (SSSR count). The third-order valence-corrected chi connectivity index (χ3v) is 8.49. The monoisotopic (exact) mass is 558 g/mol. The molecule has 2 aromatic carbocycles. The van der Waals surface area contributed by atoms with E-state index in [1.807, 2.05) is 12.1 Å². The van der Waals surface area contributed by atoms with Crippen LogP contribution in [0.4, 0.5) is 18.9 Å². The van der Waals surface area contributed by atoms with E-state index in [0.29, 0.717) is 11.5 Å². The molecule has 208 valence electrons. The Balaban J connectivity index is 1.56. The lowest BCUT2D eigenvalue weighted by Crippen LogP contribution is -2.29. The number of nitrogens with zero attached hydrogens (tertiary/aromatic N) is 1. The predicted molar refractivity (Wildman–Crippen MR) is 148 cm³/mol. The number of carboxylic acid groups (broad SMARTS) is 1. The zero-order chi connectivity index (χ0) is 28.2. The average Bonchev–Trinajstić information content (AvgIpc) is 3.31. The molecule has 1 amide bonds. The van der Waals surface area contributed by atoms with E-state index in [9.17, 15) is 22.8 Å². The fraction of sp³-hybridized carbons (Fsp3) is 0.400. The number of carbonyl (C=O) groups is 2. The maximum Gasteiger partial charge on any atom is 0.416 e. The topological polar surface area (TPSA) is 69.6 Å². The van der Waals surface area contributed by atoms with Gasteiger partial charge in [-0.15, -0.1) is 11.3 Å².